The minimum Gasteiger partial charge on any atom is -0.481 e. The summed E-state index contributed by atoms with van der Waals surface area (Å²) in [5, 5.41) is 9.08. The van der Waals surface area contributed by atoms with E-state index in [1.54, 1.807) is 0 Å². The molecule has 4 rings (SSSR count). The van der Waals surface area contributed by atoms with Crippen molar-refractivity contribution >= 4 is 11.5 Å². The molecule has 1 unspecified atom stereocenters. The van der Waals surface area contributed by atoms with Crippen molar-refractivity contribution in [1.82, 2.24) is 4.90 Å². The second-order valence-corrected chi connectivity index (χ2v) is 8.84. The molecule has 0 amide bonds. The van der Waals surface area contributed by atoms with Crippen LogP contribution in [0.25, 0.3) is 5.57 Å². The van der Waals surface area contributed by atoms with Crippen LogP contribution in [0.4, 0.5) is 0 Å². The van der Waals surface area contributed by atoms with E-state index < -0.39 is 5.97 Å². The van der Waals surface area contributed by atoms with E-state index in [-0.39, 0.29) is 6.42 Å². The average Bonchev–Trinajstić information content (AvgIpc) is 2.90. The molecule has 3 nitrogen and oxygen atoms in total. The van der Waals surface area contributed by atoms with Crippen LogP contribution in [-0.4, -0.2) is 35.1 Å². The Hall–Kier alpha value is -2.39. The van der Waals surface area contributed by atoms with Gasteiger partial charge in [0.15, 0.2) is 0 Å². The van der Waals surface area contributed by atoms with Gasteiger partial charge in [0.05, 0.1) is 0 Å². The summed E-state index contributed by atoms with van der Waals surface area (Å²) in [7, 11) is 0. The molecular weight excluding hydrogens is 370 g/mol. The molecule has 30 heavy (non-hydrogen) atoms. The predicted octanol–water partition coefficient (Wildman–Crippen LogP) is 5.63. The number of piperidine rings is 1. The van der Waals surface area contributed by atoms with Gasteiger partial charge in [-0.25, -0.2) is 0 Å². The van der Waals surface area contributed by atoms with E-state index in [2.05, 4.69) is 60.4 Å². The summed E-state index contributed by atoms with van der Waals surface area (Å²) in [5.74, 6) is -0.676. The Morgan fingerprint density at radius 3 is 2.77 bits per heavy atom. The first-order chi connectivity index (χ1) is 14.6. The second-order valence-electron chi connectivity index (χ2n) is 8.84. The molecule has 1 aliphatic carbocycles. The van der Waals surface area contributed by atoms with Crippen molar-refractivity contribution < 1.29 is 9.90 Å². The van der Waals surface area contributed by atoms with Crippen LogP contribution in [-0.2, 0) is 17.6 Å². The molecule has 0 spiro atoms. The van der Waals surface area contributed by atoms with Crippen LogP contribution < -0.4 is 0 Å². The van der Waals surface area contributed by atoms with E-state index in [1.165, 1.54) is 46.2 Å². The van der Waals surface area contributed by atoms with Gasteiger partial charge in [0.25, 0.3) is 0 Å². The number of fused-ring (bicyclic) bond motifs is 2. The van der Waals surface area contributed by atoms with Crippen LogP contribution in [0.2, 0.25) is 0 Å². The number of aliphatic carboxylic acids is 1. The van der Waals surface area contributed by atoms with Gasteiger partial charge >= 0.3 is 5.97 Å². The molecule has 1 N–H and O–H groups in total. The number of nitrogens with zero attached hydrogens (tertiary/aromatic N) is 1. The molecule has 2 aliphatic rings. The summed E-state index contributed by atoms with van der Waals surface area (Å²) in [6, 6.07) is 16.1. The number of carboxylic acids is 1. The SMILES string of the molecule is Cc1ccc2c(c1)CCc1ccccc1C2=CCCN1CCCCC1CCC(=O)O. The molecule has 3 heteroatoms. The highest BCUT2D eigenvalue weighted by Crippen LogP contribution is 2.34. The normalized spacial score (nSPS) is 20.4. The molecular formula is C27H33NO2. The lowest BCUT2D eigenvalue weighted by molar-refractivity contribution is -0.137. The maximum absolute atomic E-state index is 11.0. The van der Waals surface area contributed by atoms with Gasteiger partial charge in [-0.1, -0.05) is 60.5 Å². The van der Waals surface area contributed by atoms with Gasteiger partial charge < -0.3 is 10.0 Å². The molecule has 0 bridgehead atoms. The number of benzene rings is 2. The molecule has 158 valence electrons. The zero-order valence-electron chi connectivity index (χ0n) is 18.1. The fraction of sp³-hybridized carbons (Fsp3) is 0.444. The van der Waals surface area contributed by atoms with Crippen molar-refractivity contribution in [1.29, 1.82) is 0 Å². The van der Waals surface area contributed by atoms with E-state index >= 15 is 0 Å². The smallest absolute Gasteiger partial charge is 0.303 e. The Morgan fingerprint density at radius 1 is 1.10 bits per heavy atom. The highest BCUT2D eigenvalue weighted by Gasteiger charge is 2.23. The minimum absolute atomic E-state index is 0.280. The van der Waals surface area contributed by atoms with Crippen LogP contribution in [0.15, 0.2) is 48.5 Å². The summed E-state index contributed by atoms with van der Waals surface area (Å²) in [4.78, 5) is 13.6. The topological polar surface area (TPSA) is 40.5 Å². The van der Waals surface area contributed by atoms with Crippen molar-refractivity contribution in [2.45, 2.75) is 64.3 Å². The number of aryl methyl sites for hydroxylation is 3. The van der Waals surface area contributed by atoms with Crippen molar-refractivity contribution in [3.8, 4) is 0 Å². The fourth-order valence-corrected chi connectivity index (χ4v) is 5.17. The first-order valence-electron chi connectivity index (χ1n) is 11.5. The standard InChI is InChI=1S/C27H33NO2/c1-20-11-15-25-22(19-20)13-12-21-7-2-3-9-24(21)26(25)10-6-18-28-17-5-4-8-23(28)14-16-27(29)30/h2-3,7,9-11,15,19,23H,4-6,8,12-14,16-18H2,1H3,(H,29,30). The van der Waals surface area contributed by atoms with E-state index in [4.69, 9.17) is 5.11 Å². The Morgan fingerprint density at radius 2 is 1.90 bits per heavy atom. The third-order valence-corrected chi connectivity index (χ3v) is 6.73. The zero-order chi connectivity index (χ0) is 20.9. The maximum atomic E-state index is 11.0. The van der Waals surface area contributed by atoms with Crippen LogP contribution in [0, 0.1) is 6.92 Å². The number of hydrogen-bond donors (Lipinski definition) is 1. The third kappa shape index (κ3) is 4.84. The Balaban J connectivity index is 1.56. The largest absolute Gasteiger partial charge is 0.481 e. The molecule has 1 aliphatic heterocycles. The summed E-state index contributed by atoms with van der Waals surface area (Å²) in [6.45, 7) is 4.28. The first-order valence-corrected chi connectivity index (χ1v) is 11.5. The van der Waals surface area contributed by atoms with Crippen molar-refractivity contribution in [2.24, 2.45) is 0 Å². The van der Waals surface area contributed by atoms with Gasteiger partial charge in [0, 0.05) is 19.0 Å². The van der Waals surface area contributed by atoms with Gasteiger partial charge in [-0.05, 0) is 79.8 Å². The maximum Gasteiger partial charge on any atom is 0.303 e. The number of likely N-dealkylation sites (tertiary alicyclic amines) is 1. The number of rotatable bonds is 6. The Bertz CT molecular complexity index is 930. The van der Waals surface area contributed by atoms with Gasteiger partial charge in [-0.3, -0.25) is 4.79 Å². The summed E-state index contributed by atoms with van der Waals surface area (Å²) >= 11 is 0. The molecule has 1 fully saturated rings. The number of hydrogen-bond acceptors (Lipinski definition) is 2. The molecule has 1 saturated heterocycles. The highest BCUT2D eigenvalue weighted by molar-refractivity contribution is 5.84. The lowest BCUT2D eigenvalue weighted by atomic mass is 9.92. The highest BCUT2D eigenvalue weighted by atomic mass is 16.4. The molecule has 2 aromatic rings. The molecule has 0 aromatic heterocycles. The van der Waals surface area contributed by atoms with Crippen LogP contribution >= 0.6 is 0 Å². The third-order valence-electron chi connectivity index (χ3n) is 6.73. The monoisotopic (exact) mass is 403 g/mol. The molecule has 2 aromatic carbocycles. The molecule has 1 heterocycles. The van der Waals surface area contributed by atoms with Crippen molar-refractivity contribution in [3.05, 3.63) is 76.4 Å². The van der Waals surface area contributed by atoms with Gasteiger partial charge in [0.2, 0.25) is 0 Å². The Kier molecular flexibility index (Phi) is 6.69. The Labute approximate surface area is 180 Å². The predicted molar refractivity (Wildman–Crippen MR) is 123 cm³/mol. The van der Waals surface area contributed by atoms with Crippen LogP contribution in [0.1, 0.15) is 66.3 Å². The van der Waals surface area contributed by atoms with E-state index in [0.717, 1.165) is 45.2 Å². The van der Waals surface area contributed by atoms with Gasteiger partial charge in [-0.15, -0.1) is 0 Å². The van der Waals surface area contributed by atoms with Gasteiger partial charge in [0.1, 0.15) is 0 Å². The second kappa shape index (κ2) is 9.61. The van der Waals surface area contributed by atoms with Crippen LogP contribution in [0.5, 0.6) is 0 Å². The number of carbonyl (C=O) groups is 1. The van der Waals surface area contributed by atoms with Crippen molar-refractivity contribution in [3.63, 3.8) is 0 Å². The van der Waals surface area contributed by atoms with Crippen molar-refractivity contribution in [2.75, 3.05) is 13.1 Å². The van der Waals surface area contributed by atoms with Gasteiger partial charge in [-0.2, -0.15) is 0 Å². The average molecular weight is 404 g/mol. The minimum atomic E-state index is -0.676. The van der Waals surface area contributed by atoms with Crippen LogP contribution in [0.3, 0.4) is 0 Å². The van der Waals surface area contributed by atoms with E-state index in [9.17, 15) is 4.79 Å². The molecule has 0 radical (unpaired) electrons. The summed E-state index contributed by atoms with van der Waals surface area (Å²) < 4.78 is 0. The molecule has 0 saturated carbocycles. The molecule has 1 atom stereocenters. The summed E-state index contributed by atoms with van der Waals surface area (Å²) in [5.41, 5.74) is 8.35. The lowest BCUT2D eigenvalue weighted by Gasteiger charge is -2.35. The lowest BCUT2D eigenvalue weighted by Crippen LogP contribution is -2.40. The zero-order valence-corrected chi connectivity index (χ0v) is 18.1. The van der Waals surface area contributed by atoms with E-state index in [1.807, 2.05) is 0 Å². The summed E-state index contributed by atoms with van der Waals surface area (Å²) in [6.07, 6.45) is 10.3. The van der Waals surface area contributed by atoms with E-state index in [0.29, 0.717) is 6.04 Å². The fourth-order valence-electron chi connectivity index (χ4n) is 5.17. The quantitative estimate of drug-likeness (QED) is 0.679. The first kappa shape index (κ1) is 20.9. The number of carboxylic acid groups (broad SMARTS) is 1.